The molecule has 1 aliphatic rings. The molecule has 2 rings (SSSR count). The summed E-state index contributed by atoms with van der Waals surface area (Å²) in [5.74, 6) is -0.334. The van der Waals surface area contributed by atoms with E-state index in [0.717, 1.165) is 15.6 Å². The minimum absolute atomic E-state index is 0.0183. The fourth-order valence-corrected chi connectivity index (χ4v) is 3.65. The van der Waals surface area contributed by atoms with E-state index < -0.39 is 9.84 Å². The van der Waals surface area contributed by atoms with E-state index >= 15 is 0 Å². The molecule has 1 aromatic rings. The molecule has 0 radical (unpaired) electrons. The van der Waals surface area contributed by atoms with Crippen LogP contribution in [0.5, 0.6) is 0 Å². The number of sulfone groups is 1. The number of carbonyl (C=O) groups is 1. The molecule has 20 heavy (non-hydrogen) atoms. The van der Waals surface area contributed by atoms with E-state index in [1.807, 2.05) is 12.1 Å². The molecular formula is C14H15BrO4S. The van der Waals surface area contributed by atoms with Gasteiger partial charge < -0.3 is 4.74 Å². The highest BCUT2D eigenvalue weighted by molar-refractivity contribution is 9.10. The van der Waals surface area contributed by atoms with Crippen molar-refractivity contribution < 1.29 is 17.9 Å². The van der Waals surface area contributed by atoms with Gasteiger partial charge in [-0.05, 0) is 35.8 Å². The molecule has 0 saturated carbocycles. The van der Waals surface area contributed by atoms with Crippen LogP contribution in [-0.2, 0) is 31.5 Å². The molecular weight excluding hydrogens is 344 g/mol. The topological polar surface area (TPSA) is 60.4 Å². The van der Waals surface area contributed by atoms with Gasteiger partial charge in [-0.25, -0.2) is 13.2 Å². The fourth-order valence-electron chi connectivity index (χ4n) is 2.16. The molecule has 0 spiro atoms. The van der Waals surface area contributed by atoms with Crippen molar-refractivity contribution in [1.29, 1.82) is 0 Å². The second-order valence-electron chi connectivity index (χ2n) is 4.78. The van der Waals surface area contributed by atoms with Gasteiger partial charge >= 0.3 is 5.97 Å². The third-order valence-electron chi connectivity index (χ3n) is 2.97. The summed E-state index contributed by atoms with van der Waals surface area (Å²) in [6, 6.07) is 3.69. The lowest BCUT2D eigenvalue weighted by Gasteiger charge is -2.07. The van der Waals surface area contributed by atoms with Gasteiger partial charge in [-0.1, -0.05) is 22.0 Å². The quantitative estimate of drug-likeness (QED) is 0.775. The van der Waals surface area contributed by atoms with Crippen molar-refractivity contribution in [3.05, 3.63) is 38.9 Å². The molecule has 0 saturated heterocycles. The summed E-state index contributed by atoms with van der Waals surface area (Å²) >= 11 is 3.38. The molecule has 108 valence electrons. The molecule has 0 amide bonds. The summed E-state index contributed by atoms with van der Waals surface area (Å²) in [5.41, 5.74) is 3.20. The molecule has 6 heteroatoms. The van der Waals surface area contributed by atoms with E-state index in [4.69, 9.17) is 4.74 Å². The molecule has 4 nitrogen and oxygen atoms in total. The van der Waals surface area contributed by atoms with Gasteiger partial charge in [0.15, 0.2) is 9.84 Å². The van der Waals surface area contributed by atoms with Crippen molar-refractivity contribution in [2.45, 2.75) is 19.1 Å². The van der Waals surface area contributed by atoms with Crippen molar-refractivity contribution in [3.8, 4) is 0 Å². The highest BCUT2D eigenvalue weighted by Gasteiger charge is 2.21. The highest BCUT2D eigenvalue weighted by Crippen LogP contribution is 2.31. The van der Waals surface area contributed by atoms with Gasteiger partial charge in [-0.15, -0.1) is 0 Å². The van der Waals surface area contributed by atoms with Crippen LogP contribution in [0.2, 0.25) is 0 Å². The minimum Gasteiger partial charge on any atom is -0.463 e. The fraction of sp³-hybridized carbons (Fsp3) is 0.357. The number of esters is 1. The third-order valence-corrected chi connectivity index (χ3v) is 4.55. The Bertz CT molecular complexity index is 689. The van der Waals surface area contributed by atoms with Gasteiger partial charge in [0.1, 0.15) is 0 Å². The molecule has 0 N–H and O–H groups in total. The zero-order valence-corrected chi connectivity index (χ0v) is 13.7. The van der Waals surface area contributed by atoms with Crippen LogP contribution in [0.15, 0.2) is 22.2 Å². The van der Waals surface area contributed by atoms with Gasteiger partial charge in [0.25, 0.3) is 0 Å². The summed E-state index contributed by atoms with van der Waals surface area (Å²) in [7, 11) is -3.09. The number of rotatable bonds is 4. The molecule has 0 aromatic heterocycles. The van der Waals surface area contributed by atoms with Crippen LogP contribution in [0, 0.1) is 0 Å². The van der Waals surface area contributed by atoms with Crippen LogP contribution < -0.4 is 0 Å². The van der Waals surface area contributed by atoms with Crippen LogP contribution in [0.3, 0.4) is 0 Å². The molecule has 1 aromatic carbocycles. The zero-order valence-electron chi connectivity index (χ0n) is 11.3. The first-order valence-corrected chi connectivity index (χ1v) is 9.02. The molecule has 0 atom stereocenters. The molecule has 0 aliphatic heterocycles. The standard InChI is InChI=1S/C14H15BrO4S/c1-3-19-14(16)11-4-9-6-12(8-20(2,17)18)13(15)7-10(9)5-11/h5-7H,3-4,8H2,1-2H3. The van der Waals surface area contributed by atoms with Crippen molar-refractivity contribution >= 4 is 37.8 Å². The number of hydrogen-bond acceptors (Lipinski definition) is 4. The lowest BCUT2D eigenvalue weighted by molar-refractivity contribution is -0.138. The first kappa shape index (κ1) is 15.3. The Morgan fingerprint density at radius 2 is 2.10 bits per heavy atom. The van der Waals surface area contributed by atoms with E-state index in [0.29, 0.717) is 24.2 Å². The number of benzene rings is 1. The lowest BCUT2D eigenvalue weighted by Crippen LogP contribution is -2.07. The molecule has 0 bridgehead atoms. The van der Waals surface area contributed by atoms with Gasteiger partial charge in [-0.2, -0.15) is 0 Å². The Labute approximate surface area is 126 Å². The van der Waals surface area contributed by atoms with Gasteiger partial charge in [0.05, 0.1) is 12.4 Å². The lowest BCUT2D eigenvalue weighted by atomic mass is 10.1. The molecule has 0 fully saturated rings. The van der Waals surface area contributed by atoms with Gasteiger partial charge in [0.2, 0.25) is 0 Å². The average Bonchev–Trinajstić information content (AvgIpc) is 2.71. The van der Waals surface area contributed by atoms with Crippen LogP contribution in [0.4, 0.5) is 0 Å². The van der Waals surface area contributed by atoms with Crippen molar-refractivity contribution in [2.24, 2.45) is 0 Å². The Hall–Kier alpha value is -1.14. The first-order valence-electron chi connectivity index (χ1n) is 6.17. The average molecular weight is 359 g/mol. The molecule has 1 aliphatic carbocycles. The minimum atomic E-state index is -3.09. The molecule has 0 heterocycles. The maximum absolute atomic E-state index is 11.7. The maximum Gasteiger partial charge on any atom is 0.334 e. The smallest absolute Gasteiger partial charge is 0.334 e. The number of hydrogen-bond donors (Lipinski definition) is 0. The van der Waals surface area contributed by atoms with Crippen LogP contribution in [0.25, 0.3) is 6.08 Å². The van der Waals surface area contributed by atoms with Gasteiger partial charge in [-0.3, -0.25) is 0 Å². The second-order valence-corrected chi connectivity index (χ2v) is 7.77. The number of ether oxygens (including phenoxy) is 1. The van der Waals surface area contributed by atoms with Crippen molar-refractivity contribution in [2.75, 3.05) is 12.9 Å². The largest absolute Gasteiger partial charge is 0.463 e. The maximum atomic E-state index is 11.7. The van der Waals surface area contributed by atoms with Gasteiger partial charge in [0, 0.05) is 22.7 Å². The second kappa shape index (κ2) is 5.69. The van der Waals surface area contributed by atoms with Crippen molar-refractivity contribution in [1.82, 2.24) is 0 Å². The number of fused-ring (bicyclic) bond motifs is 1. The number of carbonyl (C=O) groups excluding carboxylic acids is 1. The monoisotopic (exact) mass is 358 g/mol. The van der Waals surface area contributed by atoms with Crippen LogP contribution in [-0.4, -0.2) is 27.2 Å². The summed E-state index contributed by atoms with van der Waals surface area (Å²) in [5, 5.41) is 0. The number of halogens is 1. The summed E-state index contributed by atoms with van der Waals surface area (Å²) in [6.07, 6.45) is 3.48. The van der Waals surface area contributed by atoms with Crippen molar-refractivity contribution in [3.63, 3.8) is 0 Å². The first-order chi connectivity index (χ1) is 9.30. The van der Waals surface area contributed by atoms with E-state index in [2.05, 4.69) is 15.9 Å². The third kappa shape index (κ3) is 3.49. The van der Waals surface area contributed by atoms with Crippen LogP contribution >= 0.6 is 15.9 Å². The highest BCUT2D eigenvalue weighted by atomic mass is 79.9. The summed E-state index contributed by atoms with van der Waals surface area (Å²) in [4.78, 5) is 11.7. The summed E-state index contributed by atoms with van der Waals surface area (Å²) < 4.78 is 28.5. The Kier molecular flexibility index (Phi) is 4.34. The Morgan fingerprint density at radius 3 is 2.70 bits per heavy atom. The Balaban J connectivity index is 2.29. The summed E-state index contributed by atoms with van der Waals surface area (Å²) in [6.45, 7) is 2.11. The molecule has 0 unspecified atom stereocenters. The predicted octanol–water partition coefficient (Wildman–Crippen LogP) is 2.50. The SMILES string of the molecule is CCOC(=O)C1=Cc2cc(Br)c(CS(C)(=O)=O)cc2C1. The predicted molar refractivity (Wildman–Crippen MR) is 81.0 cm³/mol. The zero-order chi connectivity index (χ0) is 14.9. The van der Waals surface area contributed by atoms with Crippen LogP contribution in [0.1, 0.15) is 23.6 Å². The Morgan fingerprint density at radius 1 is 1.40 bits per heavy atom. The normalized spacial score (nSPS) is 13.8. The van der Waals surface area contributed by atoms with E-state index in [-0.39, 0.29) is 11.7 Å². The van der Waals surface area contributed by atoms with E-state index in [1.165, 1.54) is 6.26 Å². The van der Waals surface area contributed by atoms with E-state index in [1.54, 1.807) is 13.0 Å². The van der Waals surface area contributed by atoms with E-state index in [9.17, 15) is 13.2 Å².